The molecule has 2 N–H and O–H groups in total. The van der Waals surface area contributed by atoms with E-state index in [1.165, 1.54) is 24.8 Å². The fraction of sp³-hybridized carbons (Fsp3) is 0.381. The average molecular weight is 384 g/mol. The fourth-order valence-corrected chi connectivity index (χ4v) is 3.14. The molecule has 1 aliphatic carbocycles. The number of ether oxygens (including phenoxy) is 1. The highest BCUT2D eigenvalue weighted by atomic mass is 16.5. The van der Waals surface area contributed by atoms with Crippen LogP contribution in [-0.2, 0) is 9.53 Å². The number of rotatable bonds is 6. The molecule has 7 nitrogen and oxygen atoms in total. The van der Waals surface area contributed by atoms with Gasteiger partial charge in [-0.05, 0) is 56.2 Å². The first-order valence-corrected chi connectivity index (χ1v) is 9.49. The van der Waals surface area contributed by atoms with E-state index in [1.807, 2.05) is 0 Å². The van der Waals surface area contributed by atoms with E-state index in [0.29, 0.717) is 11.3 Å². The molecule has 0 bridgehead atoms. The number of hydrogen-bond acceptors (Lipinski definition) is 5. The van der Waals surface area contributed by atoms with Crippen molar-refractivity contribution in [2.24, 2.45) is 0 Å². The van der Waals surface area contributed by atoms with Crippen LogP contribution in [0.15, 0.2) is 47.1 Å². The van der Waals surface area contributed by atoms with E-state index < -0.39 is 12.1 Å². The van der Waals surface area contributed by atoms with E-state index in [4.69, 9.17) is 9.15 Å². The fourth-order valence-electron chi connectivity index (χ4n) is 3.14. The van der Waals surface area contributed by atoms with Gasteiger partial charge in [-0.3, -0.25) is 9.59 Å². The van der Waals surface area contributed by atoms with Crippen LogP contribution in [0.4, 0.5) is 5.69 Å². The van der Waals surface area contributed by atoms with Gasteiger partial charge in [-0.2, -0.15) is 0 Å². The Kier molecular flexibility index (Phi) is 6.47. The lowest BCUT2D eigenvalue weighted by atomic mass is 9.95. The molecule has 1 aromatic carbocycles. The van der Waals surface area contributed by atoms with Crippen molar-refractivity contribution in [2.75, 3.05) is 5.32 Å². The zero-order valence-electron chi connectivity index (χ0n) is 15.8. The van der Waals surface area contributed by atoms with Crippen molar-refractivity contribution >= 4 is 23.5 Å². The van der Waals surface area contributed by atoms with Crippen LogP contribution in [0.3, 0.4) is 0 Å². The molecule has 2 aromatic rings. The Hall–Kier alpha value is -3.09. The summed E-state index contributed by atoms with van der Waals surface area (Å²) in [5.74, 6) is -1.05. The van der Waals surface area contributed by atoms with Crippen LogP contribution in [-0.4, -0.2) is 29.9 Å². The third-order valence-corrected chi connectivity index (χ3v) is 4.73. The second kappa shape index (κ2) is 9.21. The van der Waals surface area contributed by atoms with Crippen molar-refractivity contribution in [2.45, 2.75) is 51.2 Å². The van der Waals surface area contributed by atoms with Crippen molar-refractivity contribution in [3.63, 3.8) is 0 Å². The van der Waals surface area contributed by atoms with Gasteiger partial charge in [-0.25, -0.2) is 4.79 Å². The quantitative estimate of drug-likeness (QED) is 0.743. The third-order valence-electron chi connectivity index (χ3n) is 4.73. The zero-order valence-corrected chi connectivity index (χ0v) is 15.8. The smallest absolute Gasteiger partial charge is 0.338 e. The number of nitrogens with one attached hydrogen (secondary N) is 2. The summed E-state index contributed by atoms with van der Waals surface area (Å²) in [5, 5.41) is 5.61. The molecule has 148 valence electrons. The molecule has 0 spiro atoms. The van der Waals surface area contributed by atoms with Gasteiger partial charge in [0.2, 0.25) is 0 Å². The summed E-state index contributed by atoms with van der Waals surface area (Å²) in [5.41, 5.74) is 0.814. The Morgan fingerprint density at radius 2 is 1.79 bits per heavy atom. The first-order valence-electron chi connectivity index (χ1n) is 9.49. The van der Waals surface area contributed by atoms with E-state index in [2.05, 4.69) is 10.6 Å². The lowest BCUT2D eigenvalue weighted by Crippen LogP contribution is -2.42. The van der Waals surface area contributed by atoms with Gasteiger partial charge in [0.25, 0.3) is 11.8 Å². The highest BCUT2D eigenvalue weighted by molar-refractivity contribution is 6.02. The Labute approximate surface area is 163 Å². The van der Waals surface area contributed by atoms with Gasteiger partial charge >= 0.3 is 5.97 Å². The van der Waals surface area contributed by atoms with Crippen LogP contribution in [0.1, 0.15) is 59.9 Å². The van der Waals surface area contributed by atoms with E-state index in [9.17, 15) is 14.4 Å². The van der Waals surface area contributed by atoms with Gasteiger partial charge in [0.05, 0.1) is 11.8 Å². The predicted octanol–water partition coefficient (Wildman–Crippen LogP) is 3.53. The second-order valence-corrected chi connectivity index (χ2v) is 6.90. The molecule has 0 aliphatic heterocycles. The molecule has 3 rings (SSSR count). The summed E-state index contributed by atoms with van der Waals surface area (Å²) in [6.45, 7) is 1.56. The van der Waals surface area contributed by atoms with Crippen molar-refractivity contribution in [3.05, 3.63) is 54.0 Å². The van der Waals surface area contributed by atoms with Crippen molar-refractivity contribution in [1.82, 2.24) is 5.32 Å². The molecule has 0 radical (unpaired) electrons. The van der Waals surface area contributed by atoms with Crippen LogP contribution < -0.4 is 10.6 Å². The SMILES string of the molecule is C[C@@H](OC(=O)c1ccc(NC(=O)c2ccco2)cc1)C(=O)NC1CCCCC1. The van der Waals surface area contributed by atoms with E-state index >= 15 is 0 Å². The highest BCUT2D eigenvalue weighted by Crippen LogP contribution is 2.18. The van der Waals surface area contributed by atoms with Crippen molar-refractivity contribution in [3.8, 4) is 0 Å². The number of anilines is 1. The number of amides is 2. The molecule has 0 unspecified atom stereocenters. The Bertz CT molecular complexity index is 808. The molecule has 1 fully saturated rings. The highest BCUT2D eigenvalue weighted by Gasteiger charge is 2.22. The predicted molar refractivity (Wildman–Crippen MR) is 103 cm³/mol. The van der Waals surface area contributed by atoms with Gasteiger partial charge < -0.3 is 19.8 Å². The molecule has 7 heteroatoms. The van der Waals surface area contributed by atoms with Crippen LogP contribution in [0.25, 0.3) is 0 Å². The molecule has 1 aromatic heterocycles. The minimum Gasteiger partial charge on any atom is -0.459 e. The molecule has 1 heterocycles. The Morgan fingerprint density at radius 1 is 1.07 bits per heavy atom. The molecule has 1 atom stereocenters. The topological polar surface area (TPSA) is 97.6 Å². The first-order chi connectivity index (χ1) is 13.5. The molecule has 1 saturated carbocycles. The van der Waals surface area contributed by atoms with Crippen LogP contribution in [0.5, 0.6) is 0 Å². The third kappa shape index (κ3) is 5.22. The Balaban J connectivity index is 1.50. The number of benzene rings is 1. The maximum absolute atomic E-state index is 12.3. The lowest BCUT2D eigenvalue weighted by Gasteiger charge is -2.24. The summed E-state index contributed by atoms with van der Waals surface area (Å²) >= 11 is 0. The van der Waals surface area contributed by atoms with Crippen molar-refractivity contribution < 1.29 is 23.5 Å². The summed E-state index contributed by atoms with van der Waals surface area (Å²) in [7, 11) is 0. The summed E-state index contributed by atoms with van der Waals surface area (Å²) < 4.78 is 10.3. The van der Waals surface area contributed by atoms with Gasteiger partial charge in [0.1, 0.15) is 0 Å². The molecular weight excluding hydrogens is 360 g/mol. The zero-order chi connectivity index (χ0) is 19.9. The maximum Gasteiger partial charge on any atom is 0.338 e. The van der Waals surface area contributed by atoms with Crippen LogP contribution in [0, 0.1) is 0 Å². The maximum atomic E-state index is 12.3. The standard InChI is InChI=1S/C21H24N2O5/c1-14(19(24)22-16-6-3-2-4-7-16)28-21(26)15-9-11-17(12-10-15)23-20(25)18-8-5-13-27-18/h5,8-14,16H,2-4,6-7H2,1H3,(H,22,24)(H,23,25)/t14-/m1/s1. The summed E-state index contributed by atoms with van der Waals surface area (Å²) in [4.78, 5) is 36.4. The number of esters is 1. The largest absolute Gasteiger partial charge is 0.459 e. The van der Waals surface area contributed by atoms with Crippen LogP contribution in [0.2, 0.25) is 0 Å². The minimum atomic E-state index is -0.868. The summed E-state index contributed by atoms with van der Waals surface area (Å²) in [6.07, 6.45) is 5.92. The second-order valence-electron chi connectivity index (χ2n) is 6.90. The number of hydrogen-bond donors (Lipinski definition) is 2. The normalized spacial score (nSPS) is 15.5. The molecule has 1 aliphatic rings. The molecule has 0 saturated heterocycles. The Morgan fingerprint density at radius 3 is 2.43 bits per heavy atom. The molecule has 2 amide bonds. The number of carbonyl (C=O) groups is 3. The van der Waals surface area contributed by atoms with Gasteiger partial charge in [0.15, 0.2) is 11.9 Å². The van der Waals surface area contributed by atoms with Gasteiger partial charge in [-0.1, -0.05) is 19.3 Å². The van der Waals surface area contributed by atoms with Gasteiger partial charge in [-0.15, -0.1) is 0 Å². The van der Waals surface area contributed by atoms with Crippen molar-refractivity contribution in [1.29, 1.82) is 0 Å². The lowest BCUT2D eigenvalue weighted by molar-refractivity contribution is -0.130. The van der Waals surface area contributed by atoms with Gasteiger partial charge in [0, 0.05) is 11.7 Å². The van der Waals surface area contributed by atoms with E-state index in [0.717, 1.165) is 25.7 Å². The summed E-state index contributed by atoms with van der Waals surface area (Å²) in [6, 6.07) is 9.59. The molecule has 28 heavy (non-hydrogen) atoms. The average Bonchev–Trinajstić information content (AvgIpc) is 3.24. The number of carbonyl (C=O) groups excluding carboxylic acids is 3. The van der Waals surface area contributed by atoms with Crippen LogP contribution >= 0.6 is 0 Å². The van der Waals surface area contributed by atoms with E-state index in [1.54, 1.807) is 31.2 Å². The van der Waals surface area contributed by atoms with E-state index in [-0.39, 0.29) is 23.6 Å². The minimum absolute atomic E-state index is 0.166. The first kappa shape index (κ1) is 19.7. The monoisotopic (exact) mass is 384 g/mol. The molecular formula is C21H24N2O5. The number of furan rings is 1.